The molecule has 0 saturated heterocycles. The van der Waals surface area contributed by atoms with E-state index in [4.69, 9.17) is 21.4 Å². The number of hydrogen-bond acceptors (Lipinski definition) is 3. The topological polar surface area (TPSA) is 75.6 Å². The normalized spacial score (nSPS) is 11.6. The summed E-state index contributed by atoms with van der Waals surface area (Å²) in [6.07, 6.45) is 0.139. The Balaban J connectivity index is 1.96. The van der Waals surface area contributed by atoms with Crippen LogP contribution in [-0.2, 0) is 22.6 Å². The molecule has 0 bridgehead atoms. The largest absolute Gasteiger partial charge is 0.481 e. The highest BCUT2D eigenvalue weighted by Gasteiger charge is 2.17. The monoisotopic (exact) mass is 439 g/mol. The molecule has 0 fully saturated rings. The molecule has 1 amide bonds. The van der Waals surface area contributed by atoms with E-state index in [1.165, 1.54) is 0 Å². The molecule has 0 heterocycles. The van der Waals surface area contributed by atoms with Crippen molar-refractivity contribution < 1.29 is 19.4 Å². The van der Waals surface area contributed by atoms with Gasteiger partial charge in [0.25, 0.3) is 0 Å². The van der Waals surface area contributed by atoms with Gasteiger partial charge < -0.3 is 15.2 Å². The summed E-state index contributed by atoms with van der Waals surface area (Å²) >= 11 is 9.38. The lowest BCUT2D eigenvalue weighted by atomic mass is 10.0. The van der Waals surface area contributed by atoms with Gasteiger partial charge in [-0.25, -0.2) is 4.79 Å². The summed E-state index contributed by atoms with van der Waals surface area (Å²) in [5.74, 6) is -0.912. The molecule has 0 radical (unpaired) electrons. The Morgan fingerprint density at radius 1 is 1.19 bits per heavy atom. The summed E-state index contributed by atoms with van der Waals surface area (Å²) in [5, 5.41) is 12.3. The van der Waals surface area contributed by atoms with Crippen molar-refractivity contribution in [3.05, 3.63) is 69.2 Å². The smallest absolute Gasteiger partial charge is 0.407 e. The van der Waals surface area contributed by atoms with Crippen molar-refractivity contribution in [2.75, 3.05) is 0 Å². The van der Waals surface area contributed by atoms with Gasteiger partial charge in [-0.15, -0.1) is 0 Å². The minimum absolute atomic E-state index is 0.0468. The zero-order valence-corrected chi connectivity index (χ0v) is 16.3. The number of nitrogens with one attached hydrogen (secondary N) is 1. The molecule has 5 nitrogen and oxygen atoms in total. The highest BCUT2D eigenvalue weighted by Crippen LogP contribution is 2.23. The molecular formula is C19H19BrClNO4. The van der Waals surface area contributed by atoms with Crippen molar-refractivity contribution >= 4 is 39.6 Å². The van der Waals surface area contributed by atoms with E-state index in [9.17, 15) is 9.59 Å². The summed E-state index contributed by atoms with van der Waals surface area (Å²) in [6, 6.07) is 14.3. The van der Waals surface area contributed by atoms with Crippen LogP contribution in [0.15, 0.2) is 53.0 Å². The Labute approximate surface area is 165 Å². The Hall–Kier alpha value is -2.05. The van der Waals surface area contributed by atoms with Gasteiger partial charge in [0.1, 0.15) is 6.61 Å². The number of benzene rings is 2. The Kier molecular flexibility index (Phi) is 7.94. The number of carboxylic acids is 1. The van der Waals surface area contributed by atoms with Gasteiger partial charge in [0.2, 0.25) is 0 Å². The van der Waals surface area contributed by atoms with E-state index < -0.39 is 12.1 Å². The number of hydrogen-bond donors (Lipinski definition) is 2. The number of rotatable bonds is 8. The van der Waals surface area contributed by atoms with Gasteiger partial charge in [-0.05, 0) is 36.1 Å². The lowest BCUT2D eigenvalue weighted by molar-refractivity contribution is -0.137. The summed E-state index contributed by atoms with van der Waals surface area (Å²) in [5.41, 5.74) is 1.80. The zero-order chi connectivity index (χ0) is 18.9. The Morgan fingerprint density at radius 2 is 1.92 bits per heavy atom. The van der Waals surface area contributed by atoms with Crippen LogP contribution < -0.4 is 5.32 Å². The fourth-order valence-electron chi connectivity index (χ4n) is 2.41. The maximum atomic E-state index is 12.1. The Bertz CT molecular complexity index is 754. The number of carbonyl (C=O) groups is 2. The molecule has 0 aromatic heterocycles. The van der Waals surface area contributed by atoms with Crippen molar-refractivity contribution in [1.82, 2.24) is 5.32 Å². The van der Waals surface area contributed by atoms with Crippen LogP contribution in [0.2, 0.25) is 5.02 Å². The highest BCUT2D eigenvalue weighted by molar-refractivity contribution is 9.10. The highest BCUT2D eigenvalue weighted by atomic mass is 79.9. The van der Waals surface area contributed by atoms with Crippen LogP contribution in [0.3, 0.4) is 0 Å². The van der Waals surface area contributed by atoms with Crippen LogP contribution >= 0.6 is 27.5 Å². The van der Waals surface area contributed by atoms with Gasteiger partial charge in [-0.2, -0.15) is 0 Å². The van der Waals surface area contributed by atoms with Gasteiger partial charge in [0.05, 0.1) is 0 Å². The molecule has 0 saturated carbocycles. The average Bonchev–Trinajstić information content (AvgIpc) is 2.61. The predicted octanol–water partition coefficient (Wildman–Crippen LogP) is 4.80. The number of carbonyl (C=O) groups excluding carboxylic acids is 1. The van der Waals surface area contributed by atoms with Crippen LogP contribution in [-0.4, -0.2) is 23.2 Å². The second-order valence-corrected chi connectivity index (χ2v) is 7.07. The van der Waals surface area contributed by atoms with Gasteiger partial charge in [-0.3, -0.25) is 4.79 Å². The van der Waals surface area contributed by atoms with E-state index in [0.29, 0.717) is 17.9 Å². The quantitative estimate of drug-likeness (QED) is 0.618. The molecule has 2 aromatic rings. The number of alkyl carbamates (subject to hydrolysis) is 1. The van der Waals surface area contributed by atoms with Crippen molar-refractivity contribution in [2.45, 2.75) is 31.9 Å². The molecule has 0 aliphatic rings. The molecule has 2 aromatic carbocycles. The Morgan fingerprint density at radius 3 is 2.58 bits per heavy atom. The molecule has 0 aliphatic heterocycles. The molecular weight excluding hydrogens is 422 g/mol. The van der Waals surface area contributed by atoms with Crippen molar-refractivity contribution in [2.24, 2.45) is 0 Å². The number of halogens is 2. The van der Waals surface area contributed by atoms with E-state index in [1.807, 2.05) is 36.4 Å². The van der Waals surface area contributed by atoms with Crippen molar-refractivity contribution in [3.63, 3.8) is 0 Å². The minimum Gasteiger partial charge on any atom is -0.481 e. The first-order chi connectivity index (χ1) is 12.4. The number of aliphatic carboxylic acids is 1. The van der Waals surface area contributed by atoms with Gasteiger partial charge in [-0.1, -0.05) is 63.9 Å². The standard InChI is InChI=1S/C19H19BrClNO4/c20-17-11-15(21)7-6-14(17)10-16(8-9-18(23)24)22-19(25)26-12-13-4-2-1-3-5-13/h1-7,11,16H,8-10,12H2,(H,22,25)(H,23,24). The second-order valence-electron chi connectivity index (χ2n) is 5.78. The van der Waals surface area contributed by atoms with E-state index in [2.05, 4.69) is 21.2 Å². The molecule has 1 unspecified atom stereocenters. The molecule has 2 rings (SSSR count). The van der Waals surface area contributed by atoms with Crippen LogP contribution in [0.1, 0.15) is 24.0 Å². The number of ether oxygens (including phenoxy) is 1. The fourth-order valence-corrected chi connectivity index (χ4v) is 3.25. The molecule has 0 aliphatic carbocycles. The van der Waals surface area contributed by atoms with Gasteiger partial charge in [0, 0.05) is 22.0 Å². The maximum Gasteiger partial charge on any atom is 0.407 e. The van der Waals surface area contributed by atoms with Crippen LogP contribution in [0.5, 0.6) is 0 Å². The molecule has 0 spiro atoms. The minimum atomic E-state index is -0.912. The third kappa shape index (κ3) is 7.06. The maximum absolute atomic E-state index is 12.1. The number of carboxylic acid groups (broad SMARTS) is 1. The van der Waals surface area contributed by atoms with Crippen LogP contribution in [0.25, 0.3) is 0 Å². The van der Waals surface area contributed by atoms with Crippen molar-refractivity contribution in [1.29, 1.82) is 0 Å². The average molecular weight is 441 g/mol. The second kappa shape index (κ2) is 10.2. The molecule has 7 heteroatoms. The summed E-state index contributed by atoms with van der Waals surface area (Å²) in [4.78, 5) is 23.0. The lowest BCUT2D eigenvalue weighted by Gasteiger charge is -2.19. The molecule has 1 atom stereocenters. The SMILES string of the molecule is O=C(O)CCC(Cc1ccc(Cl)cc1Br)NC(=O)OCc1ccccc1. The van der Waals surface area contributed by atoms with E-state index in [1.54, 1.807) is 12.1 Å². The number of amides is 1. The third-order valence-electron chi connectivity index (χ3n) is 3.72. The van der Waals surface area contributed by atoms with E-state index in [-0.39, 0.29) is 19.1 Å². The van der Waals surface area contributed by atoms with E-state index >= 15 is 0 Å². The third-order valence-corrected chi connectivity index (χ3v) is 4.70. The first-order valence-corrected chi connectivity index (χ1v) is 9.24. The van der Waals surface area contributed by atoms with Crippen LogP contribution in [0, 0.1) is 0 Å². The summed E-state index contributed by atoms with van der Waals surface area (Å²) in [6.45, 7) is 0.156. The summed E-state index contributed by atoms with van der Waals surface area (Å²) < 4.78 is 6.03. The van der Waals surface area contributed by atoms with Crippen LogP contribution in [0.4, 0.5) is 4.79 Å². The predicted molar refractivity (Wildman–Crippen MR) is 103 cm³/mol. The fraction of sp³-hybridized carbons (Fsp3) is 0.263. The van der Waals surface area contributed by atoms with Crippen molar-refractivity contribution in [3.8, 4) is 0 Å². The first-order valence-electron chi connectivity index (χ1n) is 8.07. The lowest BCUT2D eigenvalue weighted by Crippen LogP contribution is -2.37. The first kappa shape index (κ1) is 20.3. The summed E-state index contributed by atoms with van der Waals surface area (Å²) in [7, 11) is 0. The van der Waals surface area contributed by atoms with Gasteiger partial charge >= 0.3 is 12.1 Å². The van der Waals surface area contributed by atoms with Gasteiger partial charge in [0.15, 0.2) is 0 Å². The molecule has 2 N–H and O–H groups in total. The zero-order valence-electron chi connectivity index (χ0n) is 14.0. The van der Waals surface area contributed by atoms with E-state index in [0.717, 1.165) is 15.6 Å². The molecule has 138 valence electrons. The molecule has 26 heavy (non-hydrogen) atoms.